The fourth-order valence-corrected chi connectivity index (χ4v) is 3.64. The molecule has 6 heteroatoms. The number of aromatic nitrogens is 4. The zero-order valence-corrected chi connectivity index (χ0v) is 15.1. The van der Waals surface area contributed by atoms with Crippen molar-refractivity contribution in [3.8, 4) is 0 Å². The number of fused-ring (bicyclic) bond motifs is 1. The molecular weight excluding hydrogens is 314 g/mol. The molecule has 3 heterocycles. The molecule has 25 heavy (non-hydrogen) atoms. The Hall–Kier alpha value is -2.21. The molecule has 0 aliphatic carbocycles. The molecule has 1 saturated heterocycles. The molecule has 1 fully saturated rings. The minimum atomic E-state index is 0.137. The van der Waals surface area contributed by atoms with Crippen molar-refractivity contribution in [3.05, 3.63) is 42.3 Å². The predicted molar refractivity (Wildman–Crippen MR) is 96.4 cm³/mol. The topological polar surface area (TPSA) is 60.0 Å². The molecule has 0 amide bonds. The summed E-state index contributed by atoms with van der Waals surface area (Å²) in [7, 11) is 0. The van der Waals surface area contributed by atoms with E-state index >= 15 is 0 Å². The number of para-hydroxylation sites is 2. The summed E-state index contributed by atoms with van der Waals surface area (Å²) in [6.45, 7) is 8.36. The maximum absolute atomic E-state index is 5.52. The number of hydrogen-bond donors (Lipinski definition) is 0. The quantitative estimate of drug-likeness (QED) is 0.720. The van der Waals surface area contributed by atoms with Crippen LogP contribution in [0.5, 0.6) is 0 Å². The number of imidazole rings is 1. The zero-order valence-electron chi connectivity index (χ0n) is 15.1. The van der Waals surface area contributed by atoms with Crippen LogP contribution in [-0.4, -0.2) is 37.7 Å². The Morgan fingerprint density at radius 3 is 2.84 bits per heavy atom. The van der Waals surface area contributed by atoms with E-state index in [9.17, 15) is 0 Å². The monoisotopic (exact) mass is 339 g/mol. The van der Waals surface area contributed by atoms with Crippen LogP contribution < -0.4 is 0 Å². The van der Waals surface area contributed by atoms with Crippen LogP contribution in [0.25, 0.3) is 11.0 Å². The van der Waals surface area contributed by atoms with Crippen LogP contribution in [0.4, 0.5) is 0 Å². The van der Waals surface area contributed by atoms with Crippen molar-refractivity contribution in [2.24, 2.45) is 0 Å². The summed E-state index contributed by atoms with van der Waals surface area (Å²) in [6.07, 6.45) is 4.31. The minimum Gasteiger partial charge on any atom is -0.338 e. The lowest BCUT2D eigenvalue weighted by Crippen LogP contribution is -2.38. The van der Waals surface area contributed by atoms with Gasteiger partial charge in [0.2, 0.25) is 5.89 Å². The van der Waals surface area contributed by atoms with Crippen LogP contribution in [0.2, 0.25) is 0 Å². The highest BCUT2D eigenvalue weighted by atomic mass is 16.5. The SMILES string of the molecule is CC(C)c1noc([C@@H](C)N2CCC[C@H](n3cnc4ccccc43)C2)n1. The molecule has 0 bridgehead atoms. The third kappa shape index (κ3) is 3.06. The first kappa shape index (κ1) is 16.3. The lowest BCUT2D eigenvalue weighted by molar-refractivity contribution is 0.115. The average Bonchev–Trinajstić information content (AvgIpc) is 3.28. The Kier molecular flexibility index (Phi) is 4.29. The number of likely N-dealkylation sites (tertiary alicyclic amines) is 1. The summed E-state index contributed by atoms with van der Waals surface area (Å²) >= 11 is 0. The second kappa shape index (κ2) is 6.59. The highest BCUT2D eigenvalue weighted by Gasteiger charge is 2.29. The van der Waals surface area contributed by atoms with Gasteiger partial charge in [-0.1, -0.05) is 31.1 Å². The Morgan fingerprint density at radius 1 is 1.20 bits per heavy atom. The fourth-order valence-electron chi connectivity index (χ4n) is 3.64. The van der Waals surface area contributed by atoms with Gasteiger partial charge in [-0.15, -0.1) is 0 Å². The van der Waals surface area contributed by atoms with E-state index in [0.717, 1.165) is 36.7 Å². The van der Waals surface area contributed by atoms with Crippen molar-refractivity contribution in [2.45, 2.75) is 51.6 Å². The van der Waals surface area contributed by atoms with E-state index in [1.54, 1.807) is 0 Å². The van der Waals surface area contributed by atoms with E-state index in [1.807, 2.05) is 12.4 Å². The molecule has 0 N–H and O–H groups in total. The highest BCUT2D eigenvalue weighted by Crippen LogP contribution is 2.30. The van der Waals surface area contributed by atoms with Crippen molar-refractivity contribution >= 4 is 11.0 Å². The molecule has 1 aliphatic rings. The number of hydrogen-bond acceptors (Lipinski definition) is 5. The summed E-state index contributed by atoms with van der Waals surface area (Å²) in [5.74, 6) is 1.80. The van der Waals surface area contributed by atoms with Gasteiger partial charge in [0.05, 0.1) is 23.4 Å². The fraction of sp³-hybridized carbons (Fsp3) is 0.526. The largest absolute Gasteiger partial charge is 0.338 e. The minimum absolute atomic E-state index is 0.137. The van der Waals surface area contributed by atoms with E-state index in [0.29, 0.717) is 6.04 Å². The van der Waals surface area contributed by atoms with Crippen molar-refractivity contribution in [3.63, 3.8) is 0 Å². The summed E-state index contributed by atoms with van der Waals surface area (Å²) in [5, 5.41) is 4.11. The molecule has 1 aliphatic heterocycles. The van der Waals surface area contributed by atoms with Gasteiger partial charge in [-0.25, -0.2) is 4.98 Å². The molecule has 132 valence electrons. The second-order valence-electron chi connectivity index (χ2n) is 7.25. The molecule has 0 spiro atoms. The second-order valence-corrected chi connectivity index (χ2v) is 7.25. The first-order valence-electron chi connectivity index (χ1n) is 9.12. The number of piperidine rings is 1. The number of rotatable bonds is 4. The van der Waals surface area contributed by atoms with Crippen LogP contribution in [0, 0.1) is 0 Å². The summed E-state index contributed by atoms with van der Waals surface area (Å²) in [6, 6.07) is 8.90. The van der Waals surface area contributed by atoms with Gasteiger partial charge in [-0.2, -0.15) is 4.98 Å². The smallest absolute Gasteiger partial charge is 0.243 e. The van der Waals surface area contributed by atoms with Gasteiger partial charge in [0.1, 0.15) is 0 Å². The molecule has 1 aromatic carbocycles. The summed E-state index contributed by atoms with van der Waals surface area (Å²) < 4.78 is 7.84. The predicted octanol–water partition coefficient (Wildman–Crippen LogP) is 3.94. The van der Waals surface area contributed by atoms with Crippen molar-refractivity contribution in [1.29, 1.82) is 0 Å². The molecule has 4 rings (SSSR count). The molecule has 0 radical (unpaired) electrons. The third-order valence-corrected chi connectivity index (χ3v) is 5.18. The van der Waals surface area contributed by atoms with Crippen LogP contribution in [0.1, 0.15) is 63.3 Å². The first-order chi connectivity index (χ1) is 12.1. The Balaban J connectivity index is 1.54. The van der Waals surface area contributed by atoms with E-state index < -0.39 is 0 Å². The van der Waals surface area contributed by atoms with E-state index in [2.05, 4.69) is 63.6 Å². The van der Waals surface area contributed by atoms with E-state index in [4.69, 9.17) is 4.52 Å². The van der Waals surface area contributed by atoms with Crippen LogP contribution in [0.15, 0.2) is 35.1 Å². The number of benzene rings is 1. The average molecular weight is 339 g/mol. The van der Waals surface area contributed by atoms with E-state index in [-0.39, 0.29) is 12.0 Å². The van der Waals surface area contributed by atoms with Gasteiger partial charge in [0.15, 0.2) is 5.82 Å². The summed E-state index contributed by atoms with van der Waals surface area (Å²) in [5.41, 5.74) is 2.27. The third-order valence-electron chi connectivity index (χ3n) is 5.18. The van der Waals surface area contributed by atoms with Gasteiger partial charge >= 0.3 is 0 Å². The Labute approximate surface area is 147 Å². The van der Waals surface area contributed by atoms with Crippen LogP contribution in [-0.2, 0) is 0 Å². The van der Waals surface area contributed by atoms with Gasteiger partial charge < -0.3 is 9.09 Å². The maximum atomic E-state index is 5.52. The lowest BCUT2D eigenvalue weighted by Gasteiger charge is -2.36. The standard InChI is InChI=1S/C19H25N5O/c1-13(2)18-21-19(25-22-18)14(3)23-10-6-7-15(11-23)24-12-20-16-8-4-5-9-17(16)24/h4-5,8-9,12-15H,6-7,10-11H2,1-3H3/t14-,15+/m1/s1. The Bertz CT molecular complexity index is 852. The van der Waals surface area contributed by atoms with Crippen molar-refractivity contribution in [1.82, 2.24) is 24.6 Å². The Morgan fingerprint density at radius 2 is 2.04 bits per heavy atom. The van der Waals surface area contributed by atoms with Gasteiger partial charge in [-0.05, 0) is 38.4 Å². The first-order valence-corrected chi connectivity index (χ1v) is 9.12. The molecule has 0 unspecified atom stereocenters. The molecule has 6 nitrogen and oxygen atoms in total. The molecular formula is C19H25N5O. The lowest BCUT2D eigenvalue weighted by atomic mass is 10.0. The molecule has 2 atom stereocenters. The molecule has 3 aromatic rings. The summed E-state index contributed by atoms with van der Waals surface area (Å²) in [4.78, 5) is 11.6. The molecule has 2 aromatic heterocycles. The van der Waals surface area contributed by atoms with Crippen molar-refractivity contribution < 1.29 is 4.52 Å². The maximum Gasteiger partial charge on any atom is 0.243 e. The normalized spacial score (nSPS) is 20.4. The van der Waals surface area contributed by atoms with Crippen molar-refractivity contribution in [2.75, 3.05) is 13.1 Å². The van der Waals surface area contributed by atoms with Gasteiger partial charge in [0.25, 0.3) is 0 Å². The number of nitrogens with zero attached hydrogens (tertiary/aromatic N) is 5. The van der Waals surface area contributed by atoms with Crippen LogP contribution >= 0.6 is 0 Å². The van der Waals surface area contributed by atoms with Gasteiger partial charge in [-0.3, -0.25) is 4.90 Å². The van der Waals surface area contributed by atoms with E-state index in [1.165, 1.54) is 11.9 Å². The highest BCUT2D eigenvalue weighted by molar-refractivity contribution is 5.75. The molecule has 0 saturated carbocycles. The van der Waals surface area contributed by atoms with Gasteiger partial charge in [0, 0.05) is 18.5 Å². The van der Waals surface area contributed by atoms with Crippen LogP contribution in [0.3, 0.4) is 0 Å². The zero-order chi connectivity index (χ0) is 17.4.